The van der Waals surface area contributed by atoms with Crippen molar-refractivity contribution in [1.29, 1.82) is 0 Å². The van der Waals surface area contributed by atoms with Crippen LogP contribution in [0.1, 0.15) is 16.7 Å². The number of aryl methyl sites for hydroxylation is 1. The third kappa shape index (κ3) is 3.54. The van der Waals surface area contributed by atoms with Crippen molar-refractivity contribution in [2.24, 2.45) is 5.73 Å². The summed E-state index contributed by atoms with van der Waals surface area (Å²) in [6.07, 6.45) is 0. The van der Waals surface area contributed by atoms with Crippen LogP contribution in [0.4, 0.5) is 10.1 Å². The predicted molar refractivity (Wildman–Crippen MR) is 85.6 cm³/mol. The number of anilines is 1. The highest BCUT2D eigenvalue weighted by Gasteiger charge is 2.07. The van der Waals surface area contributed by atoms with Gasteiger partial charge in [-0.2, -0.15) is 0 Å². The van der Waals surface area contributed by atoms with E-state index in [1.807, 2.05) is 38.2 Å². The highest BCUT2D eigenvalue weighted by Crippen LogP contribution is 2.18. The van der Waals surface area contributed by atoms with E-state index in [-0.39, 0.29) is 10.8 Å². The quantitative estimate of drug-likeness (QED) is 0.874. The SMILES string of the molecule is Cc1cccc(N(C)Cc2cc(F)cc(C(N)=S)c2)c1. The van der Waals surface area contributed by atoms with E-state index in [1.54, 1.807) is 0 Å². The molecule has 2 aromatic rings. The van der Waals surface area contributed by atoms with E-state index >= 15 is 0 Å². The van der Waals surface area contributed by atoms with E-state index in [1.165, 1.54) is 17.7 Å². The van der Waals surface area contributed by atoms with Crippen LogP contribution < -0.4 is 10.6 Å². The molecular formula is C16H17FN2S. The first-order valence-corrected chi connectivity index (χ1v) is 6.73. The van der Waals surface area contributed by atoms with Crippen molar-refractivity contribution >= 4 is 22.9 Å². The van der Waals surface area contributed by atoms with Gasteiger partial charge < -0.3 is 10.6 Å². The lowest BCUT2D eigenvalue weighted by atomic mass is 10.1. The molecule has 0 aromatic heterocycles. The Kier molecular flexibility index (Phi) is 4.35. The van der Waals surface area contributed by atoms with Crippen molar-refractivity contribution < 1.29 is 4.39 Å². The maximum atomic E-state index is 13.6. The Balaban J connectivity index is 2.23. The fourth-order valence-electron chi connectivity index (χ4n) is 2.11. The molecule has 0 spiro atoms. The molecule has 0 unspecified atom stereocenters. The zero-order chi connectivity index (χ0) is 14.7. The minimum Gasteiger partial charge on any atom is -0.389 e. The smallest absolute Gasteiger partial charge is 0.124 e. The normalized spacial score (nSPS) is 10.3. The number of thiocarbonyl (C=S) groups is 1. The summed E-state index contributed by atoms with van der Waals surface area (Å²) in [5.41, 5.74) is 9.25. The zero-order valence-corrected chi connectivity index (χ0v) is 12.4. The highest BCUT2D eigenvalue weighted by atomic mass is 32.1. The van der Waals surface area contributed by atoms with Gasteiger partial charge in [-0.3, -0.25) is 0 Å². The van der Waals surface area contributed by atoms with Crippen LogP contribution in [0.5, 0.6) is 0 Å². The molecule has 0 saturated heterocycles. The summed E-state index contributed by atoms with van der Waals surface area (Å²) < 4.78 is 13.6. The minimum atomic E-state index is -0.317. The van der Waals surface area contributed by atoms with Crippen molar-refractivity contribution in [2.45, 2.75) is 13.5 Å². The molecule has 104 valence electrons. The molecule has 0 aliphatic carbocycles. The fraction of sp³-hybridized carbons (Fsp3) is 0.188. The molecule has 0 aliphatic heterocycles. The third-order valence-electron chi connectivity index (χ3n) is 3.10. The molecule has 2 N–H and O–H groups in total. The Morgan fingerprint density at radius 2 is 2.00 bits per heavy atom. The van der Waals surface area contributed by atoms with Crippen molar-refractivity contribution in [3.63, 3.8) is 0 Å². The van der Waals surface area contributed by atoms with E-state index in [4.69, 9.17) is 18.0 Å². The number of nitrogens with two attached hydrogens (primary N) is 1. The van der Waals surface area contributed by atoms with Gasteiger partial charge in [0.2, 0.25) is 0 Å². The van der Waals surface area contributed by atoms with Crippen LogP contribution in [0.2, 0.25) is 0 Å². The number of halogens is 1. The van der Waals surface area contributed by atoms with Crippen LogP contribution >= 0.6 is 12.2 Å². The summed E-state index contributed by atoms with van der Waals surface area (Å²) in [5.74, 6) is -0.317. The Bertz CT molecular complexity index is 640. The molecule has 2 aromatic carbocycles. The molecule has 0 fully saturated rings. The molecule has 0 amide bonds. The predicted octanol–water partition coefficient (Wildman–Crippen LogP) is 3.40. The number of hydrogen-bond donors (Lipinski definition) is 1. The lowest BCUT2D eigenvalue weighted by Gasteiger charge is -2.20. The maximum absolute atomic E-state index is 13.6. The molecule has 0 saturated carbocycles. The van der Waals surface area contributed by atoms with Crippen LogP contribution in [0.25, 0.3) is 0 Å². The summed E-state index contributed by atoms with van der Waals surface area (Å²) in [6, 6.07) is 12.9. The van der Waals surface area contributed by atoms with E-state index in [0.717, 1.165) is 11.3 Å². The van der Waals surface area contributed by atoms with Gasteiger partial charge in [0.15, 0.2) is 0 Å². The number of benzene rings is 2. The molecule has 0 aliphatic rings. The second-order valence-electron chi connectivity index (χ2n) is 4.91. The lowest BCUT2D eigenvalue weighted by molar-refractivity contribution is 0.624. The van der Waals surface area contributed by atoms with Gasteiger partial charge in [0.1, 0.15) is 10.8 Å². The third-order valence-corrected chi connectivity index (χ3v) is 3.34. The fourth-order valence-corrected chi connectivity index (χ4v) is 2.23. The first-order valence-electron chi connectivity index (χ1n) is 6.33. The topological polar surface area (TPSA) is 29.3 Å². The maximum Gasteiger partial charge on any atom is 0.124 e. The Hall–Kier alpha value is -1.94. The molecule has 0 bridgehead atoms. The Labute approximate surface area is 124 Å². The first-order chi connectivity index (χ1) is 9.45. The molecule has 2 rings (SSSR count). The van der Waals surface area contributed by atoms with Crippen molar-refractivity contribution in [3.05, 3.63) is 65.0 Å². The Morgan fingerprint density at radius 3 is 2.65 bits per heavy atom. The number of hydrogen-bond acceptors (Lipinski definition) is 2. The van der Waals surface area contributed by atoms with Gasteiger partial charge in [0.25, 0.3) is 0 Å². The van der Waals surface area contributed by atoms with Gasteiger partial charge in [0, 0.05) is 24.8 Å². The molecule has 2 nitrogen and oxygen atoms in total. The van der Waals surface area contributed by atoms with Gasteiger partial charge in [0.05, 0.1) is 0 Å². The summed E-state index contributed by atoms with van der Waals surface area (Å²) in [4.78, 5) is 2.27. The standard InChI is InChI=1S/C16H17FN2S/c1-11-4-3-5-15(6-11)19(2)10-12-7-13(16(18)20)9-14(17)8-12/h3-9H,10H2,1-2H3,(H2,18,20). The van der Waals surface area contributed by atoms with Gasteiger partial charge >= 0.3 is 0 Å². The van der Waals surface area contributed by atoms with Crippen LogP contribution in [-0.4, -0.2) is 12.0 Å². The first kappa shape index (κ1) is 14.5. The number of rotatable bonds is 4. The van der Waals surface area contributed by atoms with Crippen molar-refractivity contribution in [3.8, 4) is 0 Å². The monoisotopic (exact) mass is 288 g/mol. The van der Waals surface area contributed by atoms with Gasteiger partial charge in [-0.05, 0) is 48.4 Å². The van der Waals surface area contributed by atoms with Crippen molar-refractivity contribution in [1.82, 2.24) is 0 Å². The van der Waals surface area contributed by atoms with Gasteiger partial charge in [-0.15, -0.1) is 0 Å². The number of nitrogens with zero attached hydrogens (tertiary/aromatic N) is 1. The second-order valence-corrected chi connectivity index (χ2v) is 5.35. The zero-order valence-electron chi connectivity index (χ0n) is 11.6. The molecule has 0 atom stereocenters. The molecule has 20 heavy (non-hydrogen) atoms. The Morgan fingerprint density at radius 1 is 1.25 bits per heavy atom. The van der Waals surface area contributed by atoms with E-state index in [2.05, 4.69) is 11.0 Å². The van der Waals surface area contributed by atoms with Crippen LogP contribution in [0.3, 0.4) is 0 Å². The van der Waals surface area contributed by atoms with Crippen LogP contribution in [0, 0.1) is 12.7 Å². The summed E-state index contributed by atoms with van der Waals surface area (Å²) in [6.45, 7) is 2.64. The largest absolute Gasteiger partial charge is 0.389 e. The van der Waals surface area contributed by atoms with E-state index in [9.17, 15) is 4.39 Å². The van der Waals surface area contributed by atoms with Crippen LogP contribution in [0.15, 0.2) is 42.5 Å². The second kappa shape index (κ2) is 6.01. The lowest BCUT2D eigenvalue weighted by Crippen LogP contribution is -2.17. The molecule has 4 heteroatoms. The molecule has 0 heterocycles. The highest BCUT2D eigenvalue weighted by molar-refractivity contribution is 7.80. The van der Waals surface area contributed by atoms with Crippen LogP contribution in [-0.2, 0) is 6.54 Å². The molecule has 0 radical (unpaired) electrons. The van der Waals surface area contributed by atoms with Gasteiger partial charge in [-0.25, -0.2) is 4.39 Å². The average Bonchev–Trinajstić information content (AvgIpc) is 2.37. The van der Waals surface area contributed by atoms with Gasteiger partial charge in [-0.1, -0.05) is 24.4 Å². The summed E-state index contributed by atoms with van der Waals surface area (Å²) in [7, 11) is 1.97. The minimum absolute atomic E-state index is 0.212. The molecular weight excluding hydrogens is 271 g/mol. The van der Waals surface area contributed by atoms with Crippen molar-refractivity contribution in [2.75, 3.05) is 11.9 Å². The average molecular weight is 288 g/mol. The summed E-state index contributed by atoms with van der Waals surface area (Å²) in [5, 5.41) is 0. The van der Waals surface area contributed by atoms with E-state index in [0.29, 0.717) is 12.1 Å². The summed E-state index contributed by atoms with van der Waals surface area (Å²) >= 11 is 4.90. The van der Waals surface area contributed by atoms with E-state index < -0.39 is 0 Å².